The molecule has 0 unspecified atom stereocenters. The van der Waals surface area contributed by atoms with Gasteiger partial charge in [-0.25, -0.2) is 0 Å². The Kier molecular flexibility index (Phi) is 4.76. The van der Waals surface area contributed by atoms with Crippen molar-refractivity contribution in [2.24, 2.45) is 0 Å². The number of hydrogen-bond donors (Lipinski definition) is 1. The fourth-order valence-electron chi connectivity index (χ4n) is 2.28. The van der Waals surface area contributed by atoms with Crippen LogP contribution in [0.3, 0.4) is 0 Å². The van der Waals surface area contributed by atoms with E-state index < -0.39 is 0 Å². The molecule has 110 valence electrons. The molecule has 0 aliphatic rings. The van der Waals surface area contributed by atoms with E-state index in [2.05, 4.69) is 17.4 Å². The zero-order valence-corrected chi connectivity index (χ0v) is 13.0. The van der Waals surface area contributed by atoms with Crippen LogP contribution in [-0.4, -0.2) is 18.2 Å². The number of benzene rings is 3. The number of thioether (sulfide) groups is 1. The van der Waals surface area contributed by atoms with Crippen LogP contribution in [0.5, 0.6) is 0 Å². The molecule has 0 heterocycles. The van der Waals surface area contributed by atoms with Crippen molar-refractivity contribution in [3.05, 3.63) is 78.4 Å². The number of amides is 1. The molecule has 0 aromatic heterocycles. The highest BCUT2D eigenvalue weighted by molar-refractivity contribution is 7.99. The Balaban J connectivity index is 1.54. The van der Waals surface area contributed by atoms with Crippen LogP contribution in [0.2, 0.25) is 0 Å². The summed E-state index contributed by atoms with van der Waals surface area (Å²) >= 11 is 1.75. The minimum Gasteiger partial charge on any atom is -0.351 e. The molecule has 3 aromatic carbocycles. The number of hydrogen-bond acceptors (Lipinski definition) is 2. The predicted octanol–water partition coefficient (Wildman–Crippen LogP) is 4.36. The largest absolute Gasteiger partial charge is 0.351 e. The predicted molar refractivity (Wildman–Crippen MR) is 93.4 cm³/mol. The Hall–Kier alpha value is -2.26. The van der Waals surface area contributed by atoms with Gasteiger partial charge in [-0.15, -0.1) is 11.8 Å². The van der Waals surface area contributed by atoms with Crippen molar-refractivity contribution < 1.29 is 4.79 Å². The smallest absolute Gasteiger partial charge is 0.251 e. The molecule has 1 N–H and O–H groups in total. The summed E-state index contributed by atoms with van der Waals surface area (Å²) in [6.45, 7) is 0.658. The van der Waals surface area contributed by atoms with Gasteiger partial charge < -0.3 is 5.32 Å². The normalized spacial score (nSPS) is 10.5. The lowest BCUT2D eigenvalue weighted by atomic mass is 10.1. The van der Waals surface area contributed by atoms with Gasteiger partial charge in [0.1, 0.15) is 0 Å². The van der Waals surface area contributed by atoms with Gasteiger partial charge in [-0.2, -0.15) is 0 Å². The first-order valence-corrected chi connectivity index (χ1v) is 8.26. The Morgan fingerprint density at radius 1 is 0.864 bits per heavy atom. The second-order valence-electron chi connectivity index (χ2n) is 4.98. The van der Waals surface area contributed by atoms with Gasteiger partial charge in [0.25, 0.3) is 5.91 Å². The second-order valence-corrected chi connectivity index (χ2v) is 6.15. The highest BCUT2D eigenvalue weighted by Crippen LogP contribution is 2.17. The quantitative estimate of drug-likeness (QED) is 0.560. The van der Waals surface area contributed by atoms with E-state index in [1.807, 2.05) is 60.7 Å². The summed E-state index contributed by atoms with van der Waals surface area (Å²) < 4.78 is 0. The van der Waals surface area contributed by atoms with Gasteiger partial charge >= 0.3 is 0 Å². The molecule has 22 heavy (non-hydrogen) atoms. The van der Waals surface area contributed by atoms with Crippen molar-refractivity contribution in [2.75, 3.05) is 12.3 Å². The van der Waals surface area contributed by atoms with Crippen molar-refractivity contribution >= 4 is 28.4 Å². The molecule has 0 aliphatic heterocycles. The van der Waals surface area contributed by atoms with Gasteiger partial charge in [-0.3, -0.25) is 4.79 Å². The molecule has 0 radical (unpaired) electrons. The molecule has 0 bridgehead atoms. The lowest BCUT2D eigenvalue weighted by Gasteiger charge is -2.06. The van der Waals surface area contributed by atoms with Gasteiger partial charge in [-0.1, -0.05) is 48.5 Å². The van der Waals surface area contributed by atoms with Gasteiger partial charge in [0.05, 0.1) is 0 Å². The van der Waals surface area contributed by atoms with E-state index in [-0.39, 0.29) is 5.91 Å². The third-order valence-electron chi connectivity index (χ3n) is 3.41. The molecule has 0 spiro atoms. The fourth-order valence-corrected chi connectivity index (χ4v) is 3.07. The van der Waals surface area contributed by atoms with Gasteiger partial charge in [0.15, 0.2) is 0 Å². The van der Waals surface area contributed by atoms with E-state index in [1.54, 1.807) is 11.8 Å². The van der Waals surface area contributed by atoms with Crippen LogP contribution in [0, 0.1) is 0 Å². The van der Waals surface area contributed by atoms with Gasteiger partial charge in [0, 0.05) is 22.8 Å². The van der Waals surface area contributed by atoms with Crippen LogP contribution in [0.15, 0.2) is 77.7 Å². The third-order valence-corrected chi connectivity index (χ3v) is 4.42. The molecule has 3 aromatic rings. The molecule has 0 aliphatic carbocycles. The monoisotopic (exact) mass is 307 g/mol. The molecule has 0 atom stereocenters. The molecule has 3 heteroatoms. The second kappa shape index (κ2) is 7.14. The van der Waals surface area contributed by atoms with Crippen molar-refractivity contribution in [3.63, 3.8) is 0 Å². The topological polar surface area (TPSA) is 29.1 Å². The standard InChI is InChI=1S/C19H17NOS/c21-19(20-12-13-22-18-8-2-1-3-9-18)17-11-10-15-6-4-5-7-16(15)14-17/h1-11,14H,12-13H2,(H,20,21). The first-order chi connectivity index (χ1) is 10.8. The number of rotatable bonds is 5. The van der Waals surface area contributed by atoms with Crippen LogP contribution in [0.4, 0.5) is 0 Å². The molecule has 2 nitrogen and oxygen atoms in total. The minimum atomic E-state index is -0.0144. The van der Waals surface area contributed by atoms with Crippen LogP contribution in [0.1, 0.15) is 10.4 Å². The fraction of sp³-hybridized carbons (Fsp3) is 0.105. The molecular weight excluding hydrogens is 290 g/mol. The number of nitrogens with one attached hydrogen (secondary N) is 1. The first kappa shape index (κ1) is 14.7. The average molecular weight is 307 g/mol. The molecule has 3 rings (SSSR count). The first-order valence-electron chi connectivity index (χ1n) is 7.28. The number of carbonyl (C=O) groups is 1. The van der Waals surface area contributed by atoms with Crippen LogP contribution in [-0.2, 0) is 0 Å². The maximum atomic E-state index is 12.2. The van der Waals surface area contributed by atoms with Crippen molar-refractivity contribution in [1.29, 1.82) is 0 Å². The van der Waals surface area contributed by atoms with E-state index in [9.17, 15) is 4.79 Å². The zero-order chi connectivity index (χ0) is 15.2. The highest BCUT2D eigenvalue weighted by atomic mass is 32.2. The molecule has 0 saturated heterocycles. The van der Waals surface area contributed by atoms with Gasteiger partial charge in [0.2, 0.25) is 0 Å². The van der Waals surface area contributed by atoms with E-state index in [0.29, 0.717) is 12.1 Å². The lowest BCUT2D eigenvalue weighted by molar-refractivity contribution is 0.0956. The maximum Gasteiger partial charge on any atom is 0.251 e. The van der Waals surface area contributed by atoms with Gasteiger partial charge in [-0.05, 0) is 35.0 Å². The van der Waals surface area contributed by atoms with Crippen LogP contribution in [0.25, 0.3) is 10.8 Å². The molecule has 0 fully saturated rings. The van der Waals surface area contributed by atoms with Crippen LogP contribution < -0.4 is 5.32 Å². The Labute approximate surface area is 134 Å². The summed E-state index contributed by atoms with van der Waals surface area (Å²) in [5.74, 6) is 0.850. The SMILES string of the molecule is O=C(NCCSc1ccccc1)c1ccc2ccccc2c1. The maximum absolute atomic E-state index is 12.2. The minimum absolute atomic E-state index is 0.0144. The summed E-state index contributed by atoms with van der Waals surface area (Å²) in [4.78, 5) is 13.4. The third kappa shape index (κ3) is 3.68. The summed E-state index contributed by atoms with van der Waals surface area (Å²) in [5, 5.41) is 5.22. The number of carbonyl (C=O) groups excluding carboxylic acids is 1. The van der Waals surface area contributed by atoms with E-state index >= 15 is 0 Å². The van der Waals surface area contributed by atoms with Crippen LogP contribution >= 0.6 is 11.8 Å². The summed E-state index contributed by atoms with van der Waals surface area (Å²) in [6.07, 6.45) is 0. The zero-order valence-electron chi connectivity index (χ0n) is 12.2. The lowest BCUT2D eigenvalue weighted by Crippen LogP contribution is -2.25. The summed E-state index contributed by atoms with van der Waals surface area (Å²) in [5.41, 5.74) is 0.711. The van der Waals surface area contributed by atoms with Crippen molar-refractivity contribution in [3.8, 4) is 0 Å². The Morgan fingerprint density at radius 2 is 1.59 bits per heavy atom. The summed E-state index contributed by atoms with van der Waals surface area (Å²) in [7, 11) is 0. The van der Waals surface area contributed by atoms with Crippen molar-refractivity contribution in [2.45, 2.75) is 4.90 Å². The molecule has 1 amide bonds. The van der Waals surface area contributed by atoms with E-state index in [4.69, 9.17) is 0 Å². The van der Waals surface area contributed by atoms with E-state index in [1.165, 1.54) is 4.90 Å². The number of fused-ring (bicyclic) bond motifs is 1. The van der Waals surface area contributed by atoms with Crippen molar-refractivity contribution in [1.82, 2.24) is 5.32 Å². The molecular formula is C19H17NOS. The Bertz CT molecular complexity index is 771. The Morgan fingerprint density at radius 3 is 2.41 bits per heavy atom. The highest BCUT2D eigenvalue weighted by Gasteiger charge is 2.05. The summed E-state index contributed by atoms with van der Waals surface area (Å²) in [6, 6.07) is 24.1. The molecule has 0 saturated carbocycles. The van der Waals surface area contributed by atoms with E-state index in [0.717, 1.165) is 16.5 Å². The average Bonchev–Trinajstić information content (AvgIpc) is 2.59.